The fourth-order valence-electron chi connectivity index (χ4n) is 3.83. The molecule has 0 atom stereocenters. The van der Waals surface area contributed by atoms with E-state index in [4.69, 9.17) is 9.47 Å². The predicted molar refractivity (Wildman–Crippen MR) is 124 cm³/mol. The van der Waals surface area contributed by atoms with E-state index >= 15 is 0 Å². The number of nitrogens with zero attached hydrogens (tertiary/aromatic N) is 3. The quantitative estimate of drug-likeness (QED) is 0.468. The zero-order valence-corrected chi connectivity index (χ0v) is 18.3. The van der Waals surface area contributed by atoms with Crippen molar-refractivity contribution in [2.45, 2.75) is 13.0 Å². The standard InChI is InChI=1S/C24H21N3O4S/c1-26-24(29)19-7-3-2-6-18(19)20(25-26)14-23(28)27(15-17-5-4-12-32-17)16-8-9-21-22(13-16)31-11-10-30-21/h2-9,12-13H,10-11,14-15H2,1H3. The Bertz CT molecular complexity index is 1350. The number of aryl methyl sites for hydroxylation is 1. The summed E-state index contributed by atoms with van der Waals surface area (Å²) in [6.07, 6.45) is 0.0639. The maximum absolute atomic E-state index is 13.6. The molecule has 1 aliphatic rings. The molecule has 1 aliphatic heterocycles. The van der Waals surface area contributed by atoms with E-state index in [9.17, 15) is 9.59 Å². The molecule has 0 radical (unpaired) electrons. The van der Waals surface area contributed by atoms with Gasteiger partial charge in [-0.1, -0.05) is 24.3 Å². The van der Waals surface area contributed by atoms with Crippen LogP contribution in [-0.2, 0) is 24.8 Å². The fraction of sp³-hybridized carbons (Fsp3) is 0.208. The number of benzene rings is 2. The van der Waals surface area contributed by atoms with E-state index in [1.807, 2.05) is 53.9 Å². The maximum atomic E-state index is 13.6. The number of amides is 1. The van der Waals surface area contributed by atoms with Crippen molar-refractivity contribution in [1.29, 1.82) is 0 Å². The zero-order valence-electron chi connectivity index (χ0n) is 17.5. The third kappa shape index (κ3) is 3.85. The third-order valence-electron chi connectivity index (χ3n) is 5.38. The van der Waals surface area contributed by atoms with Crippen molar-refractivity contribution in [3.8, 4) is 11.5 Å². The van der Waals surface area contributed by atoms with Crippen LogP contribution in [0.4, 0.5) is 5.69 Å². The largest absolute Gasteiger partial charge is 0.486 e. The van der Waals surface area contributed by atoms with Gasteiger partial charge in [0.1, 0.15) is 13.2 Å². The molecule has 3 heterocycles. The van der Waals surface area contributed by atoms with Crippen molar-refractivity contribution in [3.63, 3.8) is 0 Å². The van der Waals surface area contributed by atoms with Crippen LogP contribution in [0.1, 0.15) is 10.6 Å². The summed E-state index contributed by atoms with van der Waals surface area (Å²) in [6.45, 7) is 1.42. The summed E-state index contributed by atoms with van der Waals surface area (Å²) in [7, 11) is 1.60. The van der Waals surface area contributed by atoms with Crippen LogP contribution < -0.4 is 19.9 Å². The number of carbonyl (C=O) groups excluding carboxylic acids is 1. The summed E-state index contributed by atoms with van der Waals surface area (Å²) in [4.78, 5) is 28.8. The Labute approximate surface area is 188 Å². The van der Waals surface area contributed by atoms with Crippen molar-refractivity contribution in [3.05, 3.63) is 80.9 Å². The molecule has 0 bridgehead atoms. The molecule has 2 aromatic carbocycles. The van der Waals surface area contributed by atoms with Crippen molar-refractivity contribution in [2.75, 3.05) is 18.1 Å². The normalized spacial score (nSPS) is 12.7. The number of hydrogen-bond donors (Lipinski definition) is 0. The average molecular weight is 448 g/mol. The number of thiophene rings is 1. The molecule has 4 aromatic rings. The first-order valence-corrected chi connectivity index (χ1v) is 11.2. The lowest BCUT2D eigenvalue weighted by Gasteiger charge is -2.25. The van der Waals surface area contributed by atoms with Crippen LogP contribution in [0.2, 0.25) is 0 Å². The minimum atomic E-state index is -0.181. The van der Waals surface area contributed by atoms with Gasteiger partial charge in [0.2, 0.25) is 5.91 Å². The molecule has 1 amide bonds. The van der Waals surface area contributed by atoms with Gasteiger partial charge in [-0.2, -0.15) is 5.10 Å². The molecule has 32 heavy (non-hydrogen) atoms. The molecule has 0 saturated carbocycles. The summed E-state index contributed by atoms with van der Waals surface area (Å²) in [5.74, 6) is 1.18. The number of rotatable bonds is 5. The van der Waals surface area contributed by atoms with E-state index in [2.05, 4.69) is 5.10 Å². The van der Waals surface area contributed by atoms with Gasteiger partial charge >= 0.3 is 0 Å². The summed E-state index contributed by atoms with van der Waals surface area (Å²) in [5, 5.41) is 7.64. The second-order valence-corrected chi connectivity index (χ2v) is 8.52. The van der Waals surface area contributed by atoms with Gasteiger partial charge in [0.05, 0.1) is 24.0 Å². The lowest BCUT2D eigenvalue weighted by atomic mass is 10.1. The summed E-state index contributed by atoms with van der Waals surface area (Å²) < 4.78 is 12.6. The molecular weight excluding hydrogens is 426 g/mol. The van der Waals surface area contributed by atoms with Gasteiger partial charge in [0.25, 0.3) is 5.56 Å². The zero-order chi connectivity index (χ0) is 22.1. The monoisotopic (exact) mass is 447 g/mol. The van der Waals surface area contributed by atoms with Crippen LogP contribution in [0.15, 0.2) is 64.8 Å². The smallest absolute Gasteiger partial charge is 0.274 e. The van der Waals surface area contributed by atoms with Crippen LogP contribution in [-0.4, -0.2) is 28.9 Å². The van der Waals surface area contributed by atoms with Crippen LogP contribution in [0.3, 0.4) is 0 Å². The minimum absolute atomic E-state index is 0.0639. The number of carbonyl (C=O) groups is 1. The molecule has 162 valence electrons. The van der Waals surface area contributed by atoms with E-state index in [-0.39, 0.29) is 17.9 Å². The van der Waals surface area contributed by atoms with Crippen LogP contribution in [0, 0.1) is 0 Å². The summed E-state index contributed by atoms with van der Waals surface area (Å²) >= 11 is 1.59. The number of ether oxygens (including phenoxy) is 2. The predicted octanol–water partition coefficient (Wildman–Crippen LogP) is 3.54. The molecule has 8 heteroatoms. The van der Waals surface area contributed by atoms with E-state index < -0.39 is 0 Å². The Morgan fingerprint density at radius 2 is 1.84 bits per heavy atom. The Hall–Kier alpha value is -3.65. The van der Waals surface area contributed by atoms with Gasteiger partial charge in [-0.05, 0) is 29.6 Å². The summed E-state index contributed by atoms with van der Waals surface area (Å²) in [6, 6.07) is 16.8. The number of anilines is 1. The van der Waals surface area contributed by atoms with E-state index in [0.29, 0.717) is 47.7 Å². The molecule has 0 N–H and O–H groups in total. The van der Waals surface area contributed by atoms with Crippen molar-refractivity contribution in [2.24, 2.45) is 7.05 Å². The van der Waals surface area contributed by atoms with Crippen LogP contribution in [0.25, 0.3) is 10.8 Å². The van der Waals surface area contributed by atoms with Crippen molar-refractivity contribution < 1.29 is 14.3 Å². The van der Waals surface area contributed by atoms with E-state index in [1.165, 1.54) is 4.68 Å². The molecule has 2 aromatic heterocycles. The molecule has 5 rings (SSSR count). The minimum Gasteiger partial charge on any atom is -0.486 e. The van der Waals surface area contributed by atoms with Gasteiger partial charge in [0, 0.05) is 29.1 Å². The second-order valence-electron chi connectivity index (χ2n) is 7.49. The fourth-order valence-corrected chi connectivity index (χ4v) is 4.52. The molecule has 0 unspecified atom stereocenters. The van der Waals surface area contributed by atoms with Crippen molar-refractivity contribution >= 4 is 33.7 Å². The van der Waals surface area contributed by atoms with Crippen molar-refractivity contribution in [1.82, 2.24) is 9.78 Å². The first kappa shape index (κ1) is 20.3. The highest BCUT2D eigenvalue weighted by Gasteiger charge is 2.22. The lowest BCUT2D eigenvalue weighted by molar-refractivity contribution is -0.118. The molecule has 0 saturated heterocycles. The lowest BCUT2D eigenvalue weighted by Crippen LogP contribution is -2.33. The highest BCUT2D eigenvalue weighted by molar-refractivity contribution is 7.09. The first-order chi connectivity index (χ1) is 15.6. The SMILES string of the molecule is Cn1nc(CC(=O)N(Cc2cccs2)c2ccc3c(c2)OCCO3)c2ccccc2c1=O. The Morgan fingerprint density at radius 1 is 1.06 bits per heavy atom. The van der Waals surface area contributed by atoms with Crippen LogP contribution in [0.5, 0.6) is 11.5 Å². The van der Waals surface area contributed by atoms with E-state index in [0.717, 1.165) is 10.6 Å². The highest BCUT2D eigenvalue weighted by Crippen LogP contribution is 2.35. The summed E-state index contributed by atoms with van der Waals surface area (Å²) in [5.41, 5.74) is 1.11. The number of fused-ring (bicyclic) bond motifs is 2. The highest BCUT2D eigenvalue weighted by atomic mass is 32.1. The topological polar surface area (TPSA) is 73.7 Å². The van der Waals surface area contributed by atoms with Gasteiger partial charge in [-0.15, -0.1) is 11.3 Å². The number of aromatic nitrogens is 2. The second kappa shape index (κ2) is 8.47. The molecule has 7 nitrogen and oxygen atoms in total. The van der Waals surface area contributed by atoms with E-state index in [1.54, 1.807) is 29.4 Å². The first-order valence-electron chi connectivity index (χ1n) is 10.3. The van der Waals surface area contributed by atoms with Gasteiger partial charge in [0.15, 0.2) is 11.5 Å². The molecule has 0 aliphatic carbocycles. The molecule has 0 spiro atoms. The van der Waals surface area contributed by atoms with Gasteiger partial charge < -0.3 is 14.4 Å². The Morgan fingerprint density at radius 3 is 2.62 bits per heavy atom. The maximum Gasteiger partial charge on any atom is 0.274 e. The molecule has 0 fully saturated rings. The number of hydrogen-bond acceptors (Lipinski definition) is 6. The molecular formula is C24H21N3O4S. The Balaban J connectivity index is 1.52. The third-order valence-corrected chi connectivity index (χ3v) is 6.25. The van der Waals surface area contributed by atoms with Gasteiger partial charge in [-0.25, -0.2) is 4.68 Å². The van der Waals surface area contributed by atoms with Gasteiger partial charge in [-0.3, -0.25) is 9.59 Å². The van der Waals surface area contributed by atoms with Crippen LogP contribution >= 0.6 is 11.3 Å². The Kier molecular flexibility index (Phi) is 5.36. The average Bonchev–Trinajstić information content (AvgIpc) is 3.34.